The molecule has 0 amide bonds. The fourth-order valence-electron chi connectivity index (χ4n) is 2.90. The molecule has 0 fully saturated rings. The molecule has 0 radical (unpaired) electrons. The number of aliphatic hydroxyl groups is 1. The SMILES string of the molecule is CSc1ccc(OCCCC(O)CC(=O)OC(COc2ccc(SC)cc2)CC(=O)O)cc1. The second-order valence-corrected chi connectivity index (χ2v) is 8.98. The molecule has 0 spiro atoms. The second-order valence-electron chi connectivity index (χ2n) is 7.22. The zero-order valence-electron chi connectivity index (χ0n) is 18.8. The fourth-order valence-corrected chi connectivity index (χ4v) is 3.72. The molecule has 0 aromatic heterocycles. The van der Waals surface area contributed by atoms with Gasteiger partial charge < -0.3 is 24.4 Å². The van der Waals surface area contributed by atoms with Crippen LogP contribution in [0.4, 0.5) is 0 Å². The van der Waals surface area contributed by atoms with Gasteiger partial charge in [0, 0.05) is 9.79 Å². The van der Waals surface area contributed by atoms with Crippen molar-refractivity contribution in [2.75, 3.05) is 25.7 Å². The Morgan fingerprint density at radius 2 is 1.42 bits per heavy atom. The highest BCUT2D eigenvalue weighted by molar-refractivity contribution is 7.98. The van der Waals surface area contributed by atoms with Crippen LogP contribution in [0.5, 0.6) is 11.5 Å². The van der Waals surface area contributed by atoms with Crippen molar-refractivity contribution in [3.8, 4) is 11.5 Å². The van der Waals surface area contributed by atoms with Crippen LogP contribution in [0.1, 0.15) is 25.7 Å². The summed E-state index contributed by atoms with van der Waals surface area (Å²) in [7, 11) is 0. The third kappa shape index (κ3) is 10.9. The Balaban J connectivity index is 1.71. The van der Waals surface area contributed by atoms with Crippen LogP contribution in [0, 0.1) is 0 Å². The third-order valence-corrected chi connectivity index (χ3v) is 6.10. The number of rotatable bonds is 15. The smallest absolute Gasteiger partial charge is 0.308 e. The molecule has 2 aromatic carbocycles. The number of carboxylic acid groups (broad SMARTS) is 1. The lowest BCUT2D eigenvalue weighted by Crippen LogP contribution is -2.29. The molecular weight excluding hydrogens is 464 g/mol. The van der Waals surface area contributed by atoms with Crippen LogP contribution in [0.3, 0.4) is 0 Å². The molecule has 0 saturated heterocycles. The van der Waals surface area contributed by atoms with E-state index >= 15 is 0 Å². The first-order chi connectivity index (χ1) is 15.9. The van der Waals surface area contributed by atoms with Gasteiger partial charge >= 0.3 is 11.9 Å². The van der Waals surface area contributed by atoms with Crippen molar-refractivity contribution in [2.45, 2.75) is 47.7 Å². The topological polar surface area (TPSA) is 102 Å². The minimum absolute atomic E-state index is 0.0874. The minimum Gasteiger partial charge on any atom is -0.494 e. The van der Waals surface area contributed by atoms with Crippen LogP contribution in [0.15, 0.2) is 58.3 Å². The summed E-state index contributed by atoms with van der Waals surface area (Å²) in [4.78, 5) is 25.5. The van der Waals surface area contributed by atoms with Crippen molar-refractivity contribution >= 4 is 35.5 Å². The fraction of sp³-hybridized carbons (Fsp3) is 0.417. The van der Waals surface area contributed by atoms with Crippen molar-refractivity contribution in [1.82, 2.24) is 0 Å². The van der Waals surface area contributed by atoms with Gasteiger partial charge in [0.15, 0.2) is 0 Å². The van der Waals surface area contributed by atoms with Crippen molar-refractivity contribution in [3.05, 3.63) is 48.5 Å². The van der Waals surface area contributed by atoms with Gasteiger partial charge in [0.1, 0.15) is 24.2 Å². The number of aliphatic hydroxyl groups excluding tert-OH is 1. The van der Waals surface area contributed by atoms with E-state index in [9.17, 15) is 14.7 Å². The maximum atomic E-state index is 12.2. The summed E-state index contributed by atoms with van der Waals surface area (Å²) in [5.41, 5.74) is 0. The normalized spacial score (nSPS) is 12.6. The Morgan fingerprint density at radius 3 is 1.94 bits per heavy atom. The van der Waals surface area contributed by atoms with E-state index in [1.54, 1.807) is 35.7 Å². The Kier molecular flexibility index (Phi) is 12.0. The highest BCUT2D eigenvalue weighted by Gasteiger charge is 2.21. The van der Waals surface area contributed by atoms with Gasteiger partial charge in [-0.3, -0.25) is 9.59 Å². The maximum Gasteiger partial charge on any atom is 0.308 e. The van der Waals surface area contributed by atoms with E-state index in [4.69, 9.17) is 19.3 Å². The molecule has 0 bridgehead atoms. The van der Waals surface area contributed by atoms with Crippen LogP contribution < -0.4 is 9.47 Å². The Hall–Kier alpha value is -2.36. The zero-order chi connectivity index (χ0) is 24.1. The Morgan fingerprint density at radius 1 is 0.879 bits per heavy atom. The lowest BCUT2D eigenvalue weighted by Gasteiger charge is -2.18. The maximum absolute atomic E-state index is 12.2. The molecule has 180 valence electrons. The molecule has 2 rings (SSSR count). The van der Waals surface area contributed by atoms with E-state index in [2.05, 4.69) is 0 Å². The standard InChI is InChI=1S/C24H30O7S2/c1-32-21-9-5-18(6-10-21)29-13-3-4-17(25)14-24(28)31-20(15-23(26)27)16-30-19-7-11-22(33-2)12-8-19/h5-12,17,20,25H,3-4,13-16H2,1-2H3,(H,26,27). The molecular formula is C24H30O7S2. The van der Waals surface area contributed by atoms with E-state index in [0.29, 0.717) is 25.2 Å². The predicted octanol–water partition coefficient (Wildman–Crippen LogP) is 4.51. The van der Waals surface area contributed by atoms with E-state index in [1.807, 2.05) is 48.9 Å². The first-order valence-electron chi connectivity index (χ1n) is 10.5. The largest absolute Gasteiger partial charge is 0.494 e. The summed E-state index contributed by atoms with van der Waals surface area (Å²) < 4.78 is 16.5. The lowest BCUT2D eigenvalue weighted by molar-refractivity contribution is -0.156. The van der Waals surface area contributed by atoms with Gasteiger partial charge in [-0.1, -0.05) is 0 Å². The summed E-state index contributed by atoms with van der Waals surface area (Å²) in [6.45, 7) is 0.325. The quantitative estimate of drug-likeness (QED) is 0.210. The molecule has 0 aliphatic rings. The number of hydrogen-bond donors (Lipinski definition) is 2. The molecule has 33 heavy (non-hydrogen) atoms. The average Bonchev–Trinajstić information content (AvgIpc) is 2.80. The van der Waals surface area contributed by atoms with Crippen LogP contribution in [-0.4, -0.2) is 60.1 Å². The molecule has 9 heteroatoms. The number of esters is 1. The van der Waals surface area contributed by atoms with Gasteiger partial charge in [-0.25, -0.2) is 0 Å². The number of carboxylic acids is 1. The van der Waals surface area contributed by atoms with Crippen molar-refractivity contribution in [1.29, 1.82) is 0 Å². The molecule has 7 nitrogen and oxygen atoms in total. The van der Waals surface area contributed by atoms with Crippen LogP contribution in [0.25, 0.3) is 0 Å². The van der Waals surface area contributed by atoms with Crippen molar-refractivity contribution < 1.29 is 34.0 Å². The first-order valence-corrected chi connectivity index (χ1v) is 13.0. The molecule has 2 aromatic rings. The summed E-state index contributed by atoms with van der Waals surface area (Å²) in [6.07, 6.45) is 2.44. The number of aliphatic carboxylic acids is 1. The summed E-state index contributed by atoms with van der Waals surface area (Å²) in [6, 6.07) is 15.0. The van der Waals surface area contributed by atoms with Crippen LogP contribution in [0.2, 0.25) is 0 Å². The number of hydrogen-bond acceptors (Lipinski definition) is 8. The van der Waals surface area contributed by atoms with E-state index in [0.717, 1.165) is 15.5 Å². The number of carbonyl (C=O) groups is 2. The van der Waals surface area contributed by atoms with E-state index in [1.165, 1.54) is 0 Å². The van der Waals surface area contributed by atoms with Gasteiger partial charge in [0.2, 0.25) is 0 Å². The average molecular weight is 495 g/mol. The highest BCUT2D eigenvalue weighted by atomic mass is 32.2. The van der Waals surface area contributed by atoms with Crippen LogP contribution >= 0.6 is 23.5 Å². The summed E-state index contributed by atoms with van der Waals surface area (Å²) in [5.74, 6) is -0.454. The lowest BCUT2D eigenvalue weighted by atomic mass is 10.1. The van der Waals surface area contributed by atoms with E-state index < -0.39 is 24.1 Å². The molecule has 2 N–H and O–H groups in total. The Bertz CT molecular complexity index is 856. The summed E-state index contributed by atoms with van der Waals surface area (Å²) in [5, 5.41) is 19.2. The van der Waals surface area contributed by atoms with Gasteiger partial charge in [0.05, 0.1) is 25.6 Å². The minimum atomic E-state index is -1.10. The van der Waals surface area contributed by atoms with Gasteiger partial charge in [-0.2, -0.15) is 0 Å². The molecule has 2 atom stereocenters. The molecule has 0 heterocycles. The van der Waals surface area contributed by atoms with E-state index in [-0.39, 0.29) is 19.4 Å². The van der Waals surface area contributed by atoms with Crippen molar-refractivity contribution in [2.24, 2.45) is 0 Å². The van der Waals surface area contributed by atoms with Crippen LogP contribution in [-0.2, 0) is 14.3 Å². The molecule has 2 unspecified atom stereocenters. The number of carbonyl (C=O) groups excluding carboxylic acids is 1. The highest BCUT2D eigenvalue weighted by Crippen LogP contribution is 2.20. The monoisotopic (exact) mass is 494 g/mol. The first kappa shape index (κ1) is 26.9. The zero-order valence-corrected chi connectivity index (χ0v) is 20.4. The summed E-state index contributed by atoms with van der Waals surface area (Å²) >= 11 is 3.25. The number of benzene rings is 2. The van der Waals surface area contributed by atoms with Gasteiger partial charge in [-0.05, 0) is 73.9 Å². The predicted molar refractivity (Wildman–Crippen MR) is 129 cm³/mol. The second kappa shape index (κ2) is 14.7. The van der Waals surface area contributed by atoms with Gasteiger partial charge in [-0.15, -0.1) is 23.5 Å². The Labute approximate surface area is 202 Å². The van der Waals surface area contributed by atoms with Crippen molar-refractivity contribution in [3.63, 3.8) is 0 Å². The molecule has 0 aliphatic heterocycles. The third-order valence-electron chi connectivity index (χ3n) is 4.61. The van der Waals surface area contributed by atoms with Gasteiger partial charge in [0.25, 0.3) is 0 Å². The molecule has 0 aliphatic carbocycles. The number of thioether (sulfide) groups is 2. The molecule has 0 saturated carbocycles. The number of ether oxygens (including phenoxy) is 3.